The number of hydrogen-bond donors (Lipinski definition) is 0. The topological polar surface area (TPSA) is 73.3 Å². The average molecular weight is 457 g/mol. The zero-order valence-electron chi connectivity index (χ0n) is 17.1. The number of halogens is 1. The van der Waals surface area contributed by atoms with Gasteiger partial charge in [-0.1, -0.05) is 53.7 Å². The number of carbonyl (C=O) groups is 3. The Morgan fingerprint density at radius 2 is 1.71 bits per heavy atom. The highest BCUT2D eigenvalue weighted by Crippen LogP contribution is 2.31. The molecule has 4 rings (SSSR count). The first kappa shape index (κ1) is 21.4. The number of rotatable bonds is 5. The maximum absolute atomic E-state index is 13.2. The van der Waals surface area contributed by atoms with Crippen molar-refractivity contribution in [3.8, 4) is 0 Å². The molecule has 0 radical (unpaired) electrons. The molecule has 1 saturated heterocycles. The Morgan fingerprint density at radius 3 is 2.39 bits per heavy atom. The summed E-state index contributed by atoms with van der Waals surface area (Å²) in [5, 5.41) is 1.13. The predicted octanol–water partition coefficient (Wildman–Crippen LogP) is 3.35. The van der Waals surface area contributed by atoms with Crippen molar-refractivity contribution in [1.82, 2.24) is 14.7 Å². The number of imide groups is 1. The number of fused-ring (bicyclic) bond motifs is 1. The summed E-state index contributed by atoms with van der Waals surface area (Å²) in [6, 6.07) is 15.1. The van der Waals surface area contributed by atoms with Crippen LogP contribution in [0.25, 0.3) is 0 Å². The molecule has 3 amide bonds. The van der Waals surface area contributed by atoms with E-state index >= 15 is 0 Å². The molecule has 0 bridgehead atoms. The van der Waals surface area contributed by atoms with Gasteiger partial charge < -0.3 is 9.80 Å². The second-order valence-electron chi connectivity index (χ2n) is 7.40. The molecule has 9 heteroatoms. The SMILES string of the molecule is CN1C(=O)N(Cc2ccccc2)C(=O)C2C1N=C(SCC(=O)c1ccc(Cl)cc1)N2C. The fraction of sp³-hybridized carbons (Fsp3) is 0.273. The number of aliphatic imine (C=N–C) groups is 1. The van der Waals surface area contributed by atoms with Gasteiger partial charge >= 0.3 is 6.03 Å². The number of amidine groups is 1. The number of Topliss-reactive ketones (excluding diaryl/α,β-unsaturated/α-hetero) is 1. The van der Waals surface area contributed by atoms with Crippen LogP contribution in [0, 0.1) is 0 Å². The lowest BCUT2D eigenvalue weighted by atomic mass is 10.1. The highest BCUT2D eigenvalue weighted by molar-refractivity contribution is 8.14. The summed E-state index contributed by atoms with van der Waals surface area (Å²) in [6.07, 6.45) is -0.606. The Balaban J connectivity index is 1.47. The minimum atomic E-state index is -0.612. The van der Waals surface area contributed by atoms with Gasteiger partial charge in [-0.25, -0.2) is 9.79 Å². The summed E-state index contributed by atoms with van der Waals surface area (Å²) >= 11 is 7.14. The largest absolute Gasteiger partial charge is 0.339 e. The third-order valence-electron chi connectivity index (χ3n) is 5.37. The number of nitrogens with zero attached hydrogens (tertiary/aromatic N) is 4. The van der Waals surface area contributed by atoms with Crippen LogP contribution in [0.15, 0.2) is 59.6 Å². The van der Waals surface area contributed by atoms with E-state index in [-0.39, 0.29) is 30.0 Å². The normalized spacial score (nSPS) is 20.7. The summed E-state index contributed by atoms with van der Waals surface area (Å²) < 4.78 is 0. The molecule has 2 aromatic rings. The van der Waals surface area contributed by atoms with E-state index in [1.165, 1.54) is 21.6 Å². The van der Waals surface area contributed by atoms with Gasteiger partial charge in [-0.3, -0.25) is 14.5 Å². The van der Waals surface area contributed by atoms with Crippen LogP contribution in [-0.4, -0.2) is 69.6 Å². The first-order valence-corrected chi connectivity index (χ1v) is 11.1. The Hall–Kier alpha value is -2.84. The molecule has 31 heavy (non-hydrogen) atoms. The van der Waals surface area contributed by atoms with Gasteiger partial charge in [-0.2, -0.15) is 0 Å². The molecule has 2 aliphatic heterocycles. The van der Waals surface area contributed by atoms with Gasteiger partial charge in [-0.05, 0) is 29.8 Å². The fourth-order valence-corrected chi connectivity index (χ4v) is 4.70. The van der Waals surface area contributed by atoms with Crippen molar-refractivity contribution in [3.63, 3.8) is 0 Å². The summed E-state index contributed by atoms with van der Waals surface area (Å²) in [5.74, 6) is -0.180. The van der Waals surface area contributed by atoms with Crippen LogP contribution < -0.4 is 0 Å². The highest BCUT2D eigenvalue weighted by atomic mass is 35.5. The number of ketones is 1. The van der Waals surface area contributed by atoms with Gasteiger partial charge in [0, 0.05) is 24.7 Å². The summed E-state index contributed by atoms with van der Waals surface area (Å²) in [7, 11) is 3.42. The van der Waals surface area contributed by atoms with Crippen LogP contribution in [-0.2, 0) is 11.3 Å². The average Bonchev–Trinajstić information content (AvgIpc) is 3.11. The van der Waals surface area contributed by atoms with Crippen molar-refractivity contribution < 1.29 is 14.4 Å². The van der Waals surface area contributed by atoms with Crippen molar-refractivity contribution in [2.45, 2.75) is 18.8 Å². The molecular weight excluding hydrogens is 436 g/mol. The molecule has 0 aromatic heterocycles. The minimum absolute atomic E-state index is 0.0610. The Morgan fingerprint density at radius 1 is 1.03 bits per heavy atom. The van der Waals surface area contributed by atoms with Gasteiger partial charge in [0.25, 0.3) is 5.91 Å². The molecule has 2 aliphatic rings. The summed E-state index contributed by atoms with van der Waals surface area (Å²) in [6.45, 7) is 0.206. The zero-order chi connectivity index (χ0) is 22.1. The second-order valence-corrected chi connectivity index (χ2v) is 8.78. The number of carbonyl (C=O) groups excluding carboxylic acids is 3. The third kappa shape index (κ3) is 4.18. The Bertz CT molecular complexity index is 1040. The van der Waals surface area contributed by atoms with Gasteiger partial charge in [-0.15, -0.1) is 0 Å². The van der Waals surface area contributed by atoms with Gasteiger partial charge in [0.2, 0.25) is 0 Å². The quantitative estimate of drug-likeness (QED) is 0.645. The highest BCUT2D eigenvalue weighted by Gasteiger charge is 2.51. The van der Waals surface area contributed by atoms with Crippen molar-refractivity contribution >= 4 is 46.3 Å². The molecule has 2 atom stereocenters. The molecule has 2 unspecified atom stereocenters. The molecule has 160 valence electrons. The van der Waals surface area contributed by atoms with E-state index < -0.39 is 12.2 Å². The van der Waals surface area contributed by atoms with E-state index in [9.17, 15) is 14.4 Å². The standard InChI is InChI=1S/C22H21ClN4O3S/c1-25-18-19(24-21(25)31-13-17(28)15-8-10-16(23)11-9-15)26(2)22(30)27(20(18)29)12-14-6-4-3-5-7-14/h3-11,18-19H,12-13H2,1-2H3. The lowest BCUT2D eigenvalue weighted by Gasteiger charge is -2.40. The van der Waals surface area contributed by atoms with Crippen molar-refractivity contribution in [2.24, 2.45) is 4.99 Å². The van der Waals surface area contributed by atoms with Crippen molar-refractivity contribution in [1.29, 1.82) is 0 Å². The molecule has 0 N–H and O–H groups in total. The van der Waals surface area contributed by atoms with Crippen LogP contribution in [0.3, 0.4) is 0 Å². The maximum Gasteiger partial charge on any atom is 0.328 e. The fourth-order valence-electron chi connectivity index (χ4n) is 3.64. The number of benzene rings is 2. The third-order valence-corrected chi connectivity index (χ3v) is 6.68. The van der Waals surface area contributed by atoms with Crippen LogP contribution in [0.4, 0.5) is 4.79 Å². The van der Waals surface area contributed by atoms with E-state index in [4.69, 9.17) is 11.6 Å². The molecular formula is C22H21ClN4O3S. The minimum Gasteiger partial charge on any atom is -0.339 e. The summed E-state index contributed by atoms with van der Waals surface area (Å²) in [5.41, 5.74) is 1.44. The van der Waals surface area contributed by atoms with Gasteiger partial charge in [0.1, 0.15) is 0 Å². The van der Waals surface area contributed by atoms with Crippen molar-refractivity contribution in [2.75, 3.05) is 19.8 Å². The monoisotopic (exact) mass is 456 g/mol. The van der Waals surface area contributed by atoms with E-state index in [0.29, 0.717) is 15.8 Å². The molecule has 0 saturated carbocycles. The lowest BCUT2D eigenvalue weighted by Crippen LogP contribution is -2.64. The predicted molar refractivity (Wildman–Crippen MR) is 121 cm³/mol. The number of thioether (sulfide) groups is 1. The molecule has 0 aliphatic carbocycles. The Kier molecular flexibility index (Phi) is 6.02. The van der Waals surface area contributed by atoms with Crippen LogP contribution in [0.2, 0.25) is 5.02 Å². The molecule has 2 aromatic carbocycles. The number of hydrogen-bond acceptors (Lipinski definition) is 6. The summed E-state index contributed by atoms with van der Waals surface area (Å²) in [4.78, 5) is 47.6. The Labute approximate surface area is 189 Å². The van der Waals surface area contributed by atoms with E-state index in [1.54, 1.807) is 43.3 Å². The van der Waals surface area contributed by atoms with Gasteiger partial charge in [0.05, 0.1) is 12.3 Å². The van der Waals surface area contributed by atoms with E-state index in [0.717, 1.165) is 5.56 Å². The van der Waals surface area contributed by atoms with Crippen LogP contribution >= 0.6 is 23.4 Å². The molecule has 1 fully saturated rings. The number of amides is 3. The van der Waals surface area contributed by atoms with Crippen LogP contribution in [0.1, 0.15) is 15.9 Å². The van der Waals surface area contributed by atoms with E-state index in [1.807, 2.05) is 30.3 Å². The first-order valence-electron chi connectivity index (χ1n) is 9.71. The second kappa shape index (κ2) is 8.72. The maximum atomic E-state index is 13.2. The number of urea groups is 1. The van der Waals surface area contributed by atoms with Gasteiger partial charge in [0.15, 0.2) is 23.2 Å². The first-order chi connectivity index (χ1) is 14.9. The van der Waals surface area contributed by atoms with E-state index in [2.05, 4.69) is 4.99 Å². The van der Waals surface area contributed by atoms with Crippen LogP contribution in [0.5, 0.6) is 0 Å². The number of likely N-dealkylation sites (N-methyl/N-ethyl adjacent to an activating group) is 2. The smallest absolute Gasteiger partial charge is 0.328 e. The molecule has 2 heterocycles. The van der Waals surface area contributed by atoms with Crippen molar-refractivity contribution in [3.05, 3.63) is 70.7 Å². The molecule has 0 spiro atoms. The zero-order valence-corrected chi connectivity index (χ0v) is 18.6. The molecule has 7 nitrogen and oxygen atoms in total. The lowest BCUT2D eigenvalue weighted by molar-refractivity contribution is -0.137.